The molecule has 20 heavy (non-hydrogen) atoms. The van der Waals surface area contributed by atoms with Crippen LogP contribution < -0.4 is 0 Å². The number of hydrogen-bond acceptors (Lipinski definition) is 2. The summed E-state index contributed by atoms with van der Waals surface area (Å²) in [6.07, 6.45) is 8.72. The summed E-state index contributed by atoms with van der Waals surface area (Å²) in [7, 11) is 2.25. The van der Waals surface area contributed by atoms with Crippen molar-refractivity contribution in [3.63, 3.8) is 0 Å². The Hall–Kier alpha value is -1.67. The predicted molar refractivity (Wildman–Crippen MR) is 82.5 cm³/mol. The third-order valence-corrected chi connectivity index (χ3v) is 4.68. The summed E-state index contributed by atoms with van der Waals surface area (Å²) in [6, 6.07) is 15.1. The monoisotopic (exact) mass is 266 g/mol. The molecule has 104 valence electrons. The van der Waals surface area contributed by atoms with E-state index in [9.17, 15) is 0 Å². The van der Waals surface area contributed by atoms with E-state index in [0.717, 1.165) is 6.42 Å². The van der Waals surface area contributed by atoms with Gasteiger partial charge in [0.15, 0.2) is 0 Å². The average Bonchev–Trinajstić information content (AvgIpc) is 2.89. The van der Waals surface area contributed by atoms with Crippen LogP contribution in [0.5, 0.6) is 0 Å². The van der Waals surface area contributed by atoms with Crippen LogP contribution in [0.2, 0.25) is 0 Å². The summed E-state index contributed by atoms with van der Waals surface area (Å²) in [5.74, 6) is 0. The lowest BCUT2D eigenvalue weighted by Crippen LogP contribution is -2.39. The molecule has 1 aromatic carbocycles. The van der Waals surface area contributed by atoms with Crippen LogP contribution in [0.15, 0.2) is 54.9 Å². The van der Waals surface area contributed by atoms with Crippen molar-refractivity contribution in [3.05, 3.63) is 66.0 Å². The summed E-state index contributed by atoms with van der Waals surface area (Å²) in [4.78, 5) is 6.86. The minimum Gasteiger partial charge on any atom is -0.297 e. The molecule has 2 nitrogen and oxygen atoms in total. The third kappa shape index (κ3) is 2.48. The molecule has 1 aromatic heterocycles. The second-order valence-corrected chi connectivity index (χ2v) is 5.78. The van der Waals surface area contributed by atoms with Gasteiger partial charge in [0.05, 0.1) is 0 Å². The molecule has 3 rings (SSSR count). The molecule has 1 aliphatic rings. The number of pyridine rings is 1. The second-order valence-electron chi connectivity index (χ2n) is 5.78. The molecule has 2 aromatic rings. The molecule has 2 heteroatoms. The first-order valence-corrected chi connectivity index (χ1v) is 7.47. The van der Waals surface area contributed by atoms with Crippen molar-refractivity contribution >= 4 is 0 Å². The number of hydrogen-bond donors (Lipinski definition) is 0. The molecule has 2 heterocycles. The number of nitrogens with zero attached hydrogens (tertiary/aromatic N) is 2. The Bertz CT molecular complexity index is 538. The Morgan fingerprint density at radius 2 is 2.00 bits per heavy atom. The molecule has 0 spiro atoms. The van der Waals surface area contributed by atoms with Gasteiger partial charge in [-0.1, -0.05) is 36.4 Å². The Morgan fingerprint density at radius 3 is 2.65 bits per heavy atom. The zero-order chi connectivity index (χ0) is 13.8. The number of rotatable bonds is 4. The van der Waals surface area contributed by atoms with Gasteiger partial charge in [0.25, 0.3) is 0 Å². The largest absolute Gasteiger partial charge is 0.297 e. The summed E-state index contributed by atoms with van der Waals surface area (Å²) in [5.41, 5.74) is 2.97. The lowest BCUT2D eigenvalue weighted by Gasteiger charge is -2.37. The number of aryl methyl sites for hydroxylation is 1. The second kappa shape index (κ2) is 5.76. The Kier molecular flexibility index (Phi) is 3.83. The number of benzene rings is 1. The van der Waals surface area contributed by atoms with E-state index in [1.165, 1.54) is 36.9 Å². The van der Waals surface area contributed by atoms with E-state index in [1.807, 2.05) is 12.4 Å². The fourth-order valence-electron chi connectivity index (χ4n) is 3.47. The highest BCUT2D eigenvalue weighted by Gasteiger charge is 2.39. The van der Waals surface area contributed by atoms with E-state index in [-0.39, 0.29) is 5.54 Å². The van der Waals surface area contributed by atoms with E-state index in [2.05, 4.69) is 59.4 Å². The molecule has 1 unspecified atom stereocenters. The molecule has 0 aliphatic carbocycles. The Labute approximate surface area is 121 Å². The maximum atomic E-state index is 4.34. The van der Waals surface area contributed by atoms with Crippen molar-refractivity contribution in [2.45, 2.75) is 31.2 Å². The quantitative estimate of drug-likeness (QED) is 0.840. The third-order valence-electron chi connectivity index (χ3n) is 4.68. The maximum absolute atomic E-state index is 4.34. The minimum absolute atomic E-state index is 0.171. The van der Waals surface area contributed by atoms with Gasteiger partial charge in [0.2, 0.25) is 0 Å². The van der Waals surface area contributed by atoms with Gasteiger partial charge in [-0.25, -0.2) is 0 Å². The van der Waals surface area contributed by atoms with Gasteiger partial charge in [0.1, 0.15) is 0 Å². The van der Waals surface area contributed by atoms with E-state index < -0.39 is 0 Å². The fourth-order valence-corrected chi connectivity index (χ4v) is 3.47. The van der Waals surface area contributed by atoms with Crippen molar-refractivity contribution in [3.8, 4) is 0 Å². The first-order valence-electron chi connectivity index (χ1n) is 7.47. The van der Waals surface area contributed by atoms with E-state index in [4.69, 9.17) is 0 Å². The zero-order valence-electron chi connectivity index (χ0n) is 12.1. The molecular weight excluding hydrogens is 244 g/mol. The molecule has 1 fully saturated rings. The molecule has 0 radical (unpaired) electrons. The zero-order valence-corrected chi connectivity index (χ0v) is 12.1. The lowest BCUT2D eigenvalue weighted by atomic mass is 9.83. The smallest absolute Gasteiger partial charge is 0.0476 e. The van der Waals surface area contributed by atoms with Crippen LogP contribution in [0, 0.1) is 0 Å². The van der Waals surface area contributed by atoms with Crippen LogP contribution in [0.25, 0.3) is 0 Å². The van der Waals surface area contributed by atoms with Crippen LogP contribution in [0.3, 0.4) is 0 Å². The number of aromatic nitrogens is 1. The van der Waals surface area contributed by atoms with Crippen LogP contribution >= 0.6 is 0 Å². The molecule has 0 N–H and O–H groups in total. The van der Waals surface area contributed by atoms with Gasteiger partial charge in [-0.15, -0.1) is 0 Å². The first kappa shape index (κ1) is 13.3. The van der Waals surface area contributed by atoms with E-state index >= 15 is 0 Å². The maximum Gasteiger partial charge on any atom is 0.0476 e. The highest BCUT2D eigenvalue weighted by Crippen LogP contribution is 2.41. The van der Waals surface area contributed by atoms with Gasteiger partial charge in [-0.3, -0.25) is 9.88 Å². The van der Waals surface area contributed by atoms with Crippen molar-refractivity contribution in [1.29, 1.82) is 0 Å². The van der Waals surface area contributed by atoms with Crippen molar-refractivity contribution in [2.75, 3.05) is 13.6 Å². The molecule has 1 saturated heterocycles. The van der Waals surface area contributed by atoms with Gasteiger partial charge >= 0.3 is 0 Å². The molecular formula is C18H22N2. The standard InChI is InChI=1S/C18H22N2/c1-20-14-6-11-18(20,17-9-5-13-19-15-17)12-10-16-7-3-2-4-8-16/h2-5,7-9,13,15H,6,10-12,14H2,1H3. The summed E-state index contributed by atoms with van der Waals surface area (Å²) in [6.45, 7) is 1.18. The summed E-state index contributed by atoms with van der Waals surface area (Å²) < 4.78 is 0. The van der Waals surface area contributed by atoms with Gasteiger partial charge in [0, 0.05) is 17.9 Å². The van der Waals surface area contributed by atoms with Crippen LogP contribution in [-0.2, 0) is 12.0 Å². The van der Waals surface area contributed by atoms with Crippen molar-refractivity contribution in [2.24, 2.45) is 0 Å². The predicted octanol–water partition coefficient (Wildman–Crippen LogP) is 3.64. The minimum atomic E-state index is 0.171. The first-order chi connectivity index (χ1) is 9.81. The van der Waals surface area contributed by atoms with Gasteiger partial charge in [-0.2, -0.15) is 0 Å². The lowest BCUT2D eigenvalue weighted by molar-refractivity contribution is 0.160. The van der Waals surface area contributed by atoms with Gasteiger partial charge in [-0.05, 0) is 56.5 Å². The summed E-state index contributed by atoms with van der Waals surface area (Å²) in [5, 5.41) is 0. The normalized spacial score (nSPS) is 23.1. The SMILES string of the molecule is CN1CCCC1(CCc1ccccc1)c1cccnc1. The van der Waals surface area contributed by atoms with Crippen molar-refractivity contribution in [1.82, 2.24) is 9.88 Å². The van der Waals surface area contributed by atoms with Crippen LogP contribution in [-0.4, -0.2) is 23.5 Å². The molecule has 0 amide bonds. The average molecular weight is 266 g/mol. The highest BCUT2D eigenvalue weighted by molar-refractivity contribution is 5.24. The van der Waals surface area contributed by atoms with E-state index in [1.54, 1.807) is 0 Å². The Balaban J connectivity index is 1.84. The highest BCUT2D eigenvalue weighted by atomic mass is 15.2. The fraction of sp³-hybridized carbons (Fsp3) is 0.389. The molecule has 1 atom stereocenters. The summed E-state index contributed by atoms with van der Waals surface area (Å²) >= 11 is 0. The van der Waals surface area contributed by atoms with Gasteiger partial charge < -0.3 is 0 Å². The Morgan fingerprint density at radius 1 is 1.15 bits per heavy atom. The van der Waals surface area contributed by atoms with E-state index in [0.29, 0.717) is 0 Å². The van der Waals surface area contributed by atoms with Crippen LogP contribution in [0.1, 0.15) is 30.4 Å². The van der Waals surface area contributed by atoms with Crippen molar-refractivity contribution < 1.29 is 0 Å². The topological polar surface area (TPSA) is 16.1 Å². The molecule has 1 aliphatic heterocycles. The molecule has 0 bridgehead atoms. The molecule has 0 saturated carbocycles. The van der Waals surface area contributed by atoms with Crippen LogP contribution in [0.4, 0.5) is 0 Å². The number of likely N-dealkylation sites (tertiary alicyclic amines) is 1.